The number of aromatic nitrogens is 3. The third kappa shape index (κ3) is 1.80. The Morgan fingerprint density at radius 2 is 2.00 bits per heavy atom. The molecule has 0 fully saturated rings. The number of hydrogen-bond acceptors (Lipinski definition) is 4. The van der Waals surface area contributed by atoms with Crippen LogP contribution in [-0.2, 0) is 7.05 Å². The first-order valence-corrected chi connectivity index (χ1v) is 6.55. The molecule has 19 heavy (non-hydrogen) atoms. The van der Waals surface area contributed by atoms with Crippen LogP contribution in [0.15, 0.2) is 40.1 Å². The van der Waals surface area contributed by atoms with Crippen molar-refractivity contribution >= 4 is 21.6 Å². The summed E-state index contributed by atoms with van der Waals surface area (Å²) in [6.07, 6.45) is 1.47. The average Bonchev–Trinajstić information content (AvgIpc) is 2.81. The van der Waals surface area contributed by atoms with Crippen LogP contribution in [-0.4, -0.2) is 14.1 Å². The summed E-state index contributed by atoms with van der Waals surface area (Å²) in [6.45, 7) is 1.98. The largest absolute Gasteiger partial charge is 0.337 e. The van der Waals surface area contributed by atoms with Crippen LogP contribution in [0.3, 0.4) is 0 Å². The van der Waals surface area contributed by atoms with Crippen molar-refractivity contribution in [3.63, 3.8) is 0 Å². The number of rotatable bonds is 1. The van der Waals surface area contributed by atoms with Gasteiger partial charge < -0.3 is 0 Å². The second-order valence-electron chi connectivity index (χ2n) is 4.28. The van der Waals surface area contributed by atoms with E-state index in [1.165, 1.54) is 35.2 Å². The molecule has 1 aromatic carbocycles. The molecule has 2 heterocycles. The van der Waals surface area contributed by atoms with Crippen molar-refractivity contribution in [1.82, 2.24) is 14.1 Å². The zero-order valence-corrected chi connectivity index (χ0v) is 11.3. The van der Waals surface area contributed by atoms with Gasteiger partial charge >= 0.3 is 5.69 Å². The lowest BCUT2D eigenvalue weighted by Crippen LogP contribution is -2.36. The molecular formula is C13H11N3O2S. The summed E-state index contributed by atoms with van der Waals surface area (Å²) >= 11 is 1.43. The van der Waals surface area contributed by atoms with E-state index in [9.17, 15) is 9.59 Å². The lowest BCUT2D eigenvalue weighted by Gasteiger charge is -2.01. The number of thiazole rings is 1. The Hall–Kier alpha value is -2.21. The number of aryl methyl sites for hydroxylation is 1. The molecule has 0 N–H and O–H groups in total. The Bertz CT molecular complexity index is 889. The van der Waals surface area contributed by atoms with E-state index in [4.69, 9.17) is 0 Å². The Morgan fingerprint density at radius 1 is 1.21 bits per heavy atom. The van der Waals surface area contributed by atoms with Crippen LogP contribution in [0.2, 0.25) is 0 Å². The quantitative estimate of drug-likeness (QED) is 0.674. The Kier molecular flexibility index (Phi) is 2.60. The van der Waals surface area contributed by atoms with E-state index in [0.717, 1.165) is 20.3 Å². The van der Waals surface area contributed by atoms with Crippen molar-refractivity contribution in [2.24, 2.45) is 7.05 Å². The molecule has 0 radical (unpaired) electrons. The molecule has 0 aliphatic heterocycles. The highest BCUT2D eigenvalue weighted by Crippen LogP contribution is 2.25. The van der Waals surface area contributed by atoms with Crippen LogP contribution in [0.5, 0.6) is 0 Å². The molecule has 6 heteroatoms. The highest BCUT2D eigenvalue weighted by molar-refractivity contribution is 7.20. The fourth-order valence-electron chi connectivity index (χ4n) is 1.89. The van der Waals surface area contributed by atoms with Gasteiger partial charge in [0.15, 0.2) is 5.13 Å². The first-order chi connectivity index (χ1) is 9.08. The lowest BCUT2D eigenvalue weighted by atomic mass is 10.2. The highest BCUT2D eigenvalue weighted by Gasteiger charge is 2.10. The van der Waals surface area contributed by atoms with Gasteiger partial charge in [-0.05, 0) is 18.6 Å². The fraction of sp³-hybridized carbons (Fsp3) is 0.154. The van der Waals surface area contributed by atoms with Gasteiger partial charge in [-0.15, -0.1) is 0 Å². The minimum absolute atomic E-state index is 0.321. The van der Waals surface area contributed by atoms with Crippen LogP contribution in [0.25, 0.3) is 15.3 Å². The minimum atomic E-state index is -0.385. The van der Waals surface area contributed by atoms with Crippen LogP contribution >= 0.6 is 11.3 Å². The van der Waals surface area contributed by atoms with Gasteiger partial charge in [0.1, 0.15) is 0 Å². The van der Waals surface area contributed by atoms with E-state index in [2.05, 4.69) is 4.98 Å². The molecule has 0 aliphatic carbocycles. The van der Waals surface area contributed by atoms with Crippen LogP contribution in [0.1, 0.15) is 5.56 Å². The topological polar surface area (TPSA) is 56.9 Å². The predicted octanol–water partition coefficient (Wildman–Crippen LogP) is 1.45. The van der Waals surface area contributed by atoms with Crippen molar-refractivity contribution in [1.29, 1.82) is 0 Å². The van der Waals surface area contributed by atoms with E-state index in [0.29, 0.717) is 5.13 Å². The third-order valence-corrected chi connectivity index (χ3v) is 4.03. The number of fused-ring (bicyclic) bond motifs is 1. The molecule has 96 valence electrons. The third-order valence-electron chi connectivity index (χ3n) is 3.01. The summed E-state index contributed by atoms with van der Waals surface area (Å²) < 4.78 is 3.49. The van der Waals surface area contributed by atoms with E-state index in [1.54, 1.807) is 0 Å². The van der Waals surface area contributed by atoms with E-state index in [1.807, 2.05) is 25.1 Å². The fourth-order valence-corrected chi connectivity index (χ4v) is 2.91. The van der Waals surface area contributed by atoms with Gasteiger partial charge in [-0.1, -0.05) is 23.5 Å². The SMILES string of the molecule is Cc1cccc2sc(-n3ccc(=O)n(C)c3=O)nc12. The standard InChI is InChI=1S/C13H11N3O2S/c1-8-4-3-5-9-11(8)14-12(19-9)16-7-6-10(17)15(2)13(16)18/h3-7H,1-2H3. The maximum absolute atomic E-state index is 12.0. The molecule has 5 nitrogen and oxygen atoms in total. The molecule has 0 aliphatic rings. The smallest absolute Gasteiger partial charge is 0.269 e. The number of hydrogen-bond donors (Lipinski definition) is 0. The lowest BCUT2D eigenvalue weighted by molar-refractivity contribution is 0.727. The normalized spacial score (nSPS) is 11.1. The summed E-state index contributed by atoms with van der Waals surface area (Å²) in [5.41, 5.74) is 1.25. The monoisotopic (exact) mass is 273 g/mol. The molecule has 3 rings (SSSR count). The van der Waals surface area contributed by atoms with Crippen LogP contribution < -0.4 is 11.2 Å². The van der Waals surface area contributed by atoms with Gasteiger partial charge in [0.2, 0.25) is 0 Å². The van der Waals surface area contributed by atoms with Gasteiger partial charge in [0.05, 0.1) is 10.2 Å². The van der Waals surface area contributed by atoms with Gasteiger partial charge in [0, 0.05) is 19.3 Å². The van der Waals surface area contributed by atoms with E-state index < -0.39 is 0 Å². The molecule has 0 atom stereocenters. The second-order valence-corrected chi connectivity index (χ2v) is 5.29. The van der Waals surface area contributed by atoms with Crippen molar-refractivity contribution in [3.05, 3.63) is 56.9 Å². The van der Waals surface area contributed by atoms with Crippen LogP contribution in [0.4, 0.5) is 0 Å². The first-order valence-electron chi connectivity index (χ1n) is 5.73. The van der Waals surface area contributed by atoms with Gasteiger partial charge in [-0.25, -0.2) is 14.3 Å². The van der Waals surface area contributed by atoms with Crippen molar-refractivity contribution in [3.8, 4) is 5.13 Å². The molecule has 0 bridgehead atoms. The van der Waals surface area contributed by atoms with E-state index in [-0.39, 0.29) is 11.2 Å². The molecule has 0 unspecified atom stereocenters. The number of benzene rings is 1. The Labute approximate surface area is 112 Å². The van der Waals surface area contributed by atoms with Crippen molar-refractivity contribution < 1.29 is 0 Å². The van der Waals surface area contributed by atoms with Crippen LogP contribution in [0, 0.1) is 6.92 Å². The maximum atomic E-state index is 12.0. The second kappa shape index (κ2) is 4.17. The number of nitrogens with zero attached hydrogens (tertiary/aromatic N) is 3. The zero-order chi connectivity index (χ0) is 13.6. The zero-order valence-electron chi connectivity index (χ0n) is 10.5. The van der Waals surface area contributed by atoms with Gasteiger partial charge in [-0.2, -0.15) is 0 Å². The molecule has 0 saturated heterocycles. The van der Waals surface area contributed by atoms with Crippen molar-refractivity contribution in [2.75, 3.05) is 0 Å². The predicted molar refractivity (Wildman–Crippen MR) is 75.2 cm³/mol. The first kappa shape index (κ1) is 11.9. The number of para-hydroxylation sites is 1. The average molecular weight is 273 g/mol. The summed E-state index contributed by atoms with van der Waals surface area (Å²) in [5, 5.41) is 0.574. The Morgan fingerprint density at radius 3 is 2.74 bits per heavy atom. The van der Waals surface area contributed by atoms with E-state index >= 15 is 0 Å². The summed E-state index contributed by atoms with van der Waals surface area (Å²) in [4.78, 5) is 27.9. The molecule has 3 aromatic rings. The van der Waals surface area contributed by atoms with Gasteiger partial charge in [-0.3, -0.25) is 9.36 Å². The molecule has 0 spiro atoms. The van der Waals surface area contributed by atoms with Crippen molar-refractivity contribution in [2.45, 2.75) is 6.92 Å². The van der Waals surface area contributed by atoms with Gasteiger partial charge in [0.25, 0.3) is 5.56 Å². The summed E-state index contributed by atoms with van der Waals surface area (Å²) in [6, 6.07) is 7.27. The molecular weight excluding hydrogens is 262 g/mol. The maximum Gasteiger partial charge on any atom is 0.337 e. The minimum Gasteiger partial charge on any atom is -0.269 e. The Balaban J connectivity index is 2.31. The molecule has 0 amide bonds. The highest BCUT2D eigenvalue weighted by atomic mass is 32.1. The molecule has 0 saturated carbocycles. The summed E-state index contributed by atoms with van der Waals surface area (Å²) in [5.74, 6) is 0. The summed E-state index contributed by atoms with van der Waals surface area (Å²) in [7, 11) is 1.46. The molecule has 2 aromatic heterocycles.